The lowest BCUT2D eigenvalue weighted by atomic mass is 10.3. The first kappa shape index (κ1) is 8.04. The maximum Gasteiger partial charge on any atom is 0.109 e. The van der Waals surface area contributed by atoms with Crippen LogP contribution in [0.1, 0.15) is 0 Å². The number of nitrogens with one attached hydrogen (secondary N) is 1. The molecule has 2 aromatic rings. The average molecular weight is 179 g/mol. The number of aromatic nitrogens is 3. The van der Waals surface area contributed by atoms with E-state index in [0.29, 0.717) is 6.54 Å². The second-order valence-electron chi connectivity index (χ2n) is 2.74. The van der Waals surface area contributed by atoms with E-state index in [1.54, 1.807) is 10.9 Å². The van der Waals surface area contributed by atoms with Gasteiger partial charge in [0.25, 0.3) is 0 Å². The third kappa shape index (κ3) is 1.61. The van der Waals surface area contributed by atoms with E-state index in [1.807, 2.05) is 24.4 Å². The van der Waals surface area contributed by atoms with Gasteiger partial charge >= 0.3 is 0 Å². The zero-order valence-electron chi connectivity index (χ0n) is 7.07. The number of H-pyrrole nitrogens is 1. The van der Waals surface area contributed by atoms with Gasteiger partial charge in [0.1, 0.15) is 12.4 Å². The van der Waals surface area contributed by atoms with Gasteiger partial charge in [0.15, 0.2) is 0 Å². The summed E-state index contributed by atoms with van der Waals surface area (Å²) in [4.78, 5) is 3.04. The number of nitrogens with zero attached hydrogens (tertiary/aromatic N) is 2. The first-order valence-corrected chi connectivity index (χ1v) is 4.13. The van der Waals surface area contributed by atoms with Crippen molar-refractivity contribution in [2.24, 2.45) is 0 Å². The summed E-state index contributed by atoms with van der Waals surface area (Å²) in [5.41, 5.74) is 1.80. The summed E-state index contributed by atoms with van der Waals surface area (Å²) in [6.45, 7) is -0.0629. The molecule has 0 atom stereocenters. The third-order valence-electron chi connectivity index (χ3n) is 1.83. The lowest BCUT2D eigenvalue weighted by molar-refractivity contribution is 0.427. The van der Waals surface area contributed by atoms with Crippen LogP contribution in [-0.2, 0) is 6.54 Å². The van der Waals surface area contributed by atoms with Crippen molar-refractivity contribution in [3.05, 3.63) is 30.6 Å². The number of hydrogen-bond donors (Lipinski definition) is 1. The lowest BCUT2D eigenvalue weighted by Crippen LogP contribution is -1.99. The molecule has 0 amide bonds. The van der Waals surface area contributed by atoms with Gasteiger partial charge in [-0.2, -0.15) is 5.10 Å². The van der Waals surface area contributed by atoms with Crippen molar-refractivity contribution < 1.29 is 4.39 Å². The Morgan fingerprint density at radius 3 is 3.08 bits per heavy atom. The Balaban J connectivity index is 2.23. The zero-order valence-corrected chi connectivity index (χ0v) is 7.07. The summed E-state index contributed by atoms with van der Waals surface area (Å²) < 4.78 is 13.6. The number of halogens is 1. The molecule has 0 aliphatic rings. The SMILES string of the molecule is FCCn1ccc(-c2ccc[nH]2)n1. The van der Waals surface area contributed by atoms with E-state index >= 15 is 0 Å². The molecule has 0 spiro atoms. The van der Waals surface area contributed by atoms with Crippen LogP contribution in [0.15, 0.2) is 30.6 Å². The van der Waals surface area contributed by atoms with Crippen LogP contribution < -0.4 is 0 Å². The first-order chi connectivity index (χ1) is 6.40. The standard InChI is InChI=1S/C9H10FN3/c10-4-7-13-6-3-9(12-13)8-2-1-5-11-8/h1-3,5-6,11H,4,7H2. The Morgan fingerprint density at radius 2 is 2.38 bits per heavy atom. The molecular formula is C9H10FN3. The van der Waals surface area contributed by atoms with E-state index in [0.717, 1.165) is 11.4 Å². The molecule has 2 heterocycles. The molecule has 0 unspecified atom stereocenters. The van der Waals surface area contributed by atoms with Crippen molar-refractivity contribution in [3.63, 3.8) is 0 Å². The van der Waals surface area contributed by atoms with Crippen LogP contribution in [0.2, 0.25) is 0 Å². The number of aryl methyl sites for hydroxylation is 1. The molecule has 4 heteroatoms. The van der Waals surface area contributed by atoms with E-state index in [4.69, 9.17) is 0 Å². The highest BCUT2D eigenvalue weighted by molar-refractivity contribution is 5.53. The van der Waals surface area contributed by atoms with E-state index < -0.39 is 0 Å². The largest absolute Gasteiger partial charge is 0.360 e. The summed E-state index contributed by atoms with van der Waals surface area (Å²) in [5.74, 6) is 0. The van der Waals surface area contributed by atoms with Crippen molar-refractivity contribution in [2.45, 2.75) is 6.54 Å². The number of hydrogen-bond acceptors (Lipinski definition) is 1. The highest BCUT2D eigenvalue weighted by Gasteiger charge is 2.01. The second-order valence-corrected chi connectivity index (χ2v) is 2.74. The van der Waals surface area contributed by atoms with Gasteiger partial charge in [-0.3, -0.25) is 4.68 Å². The molecule has 0 saturated carbocycles. The molecule has 0 radical (unpaired) electrons. The van der Waals surface area contributed by atoms with Crippen LogP contribution in [-0.4, -0.2) is 21.4 Å². The summed E-state index contributed by atoms with van der Waals surface area (Å²) in [7, 11) is 0. The van der Waals surface area contributed by atoms with Crippen LogP contribution in [0.4, 0.5) is 4.39 Å². The van der Waals surface area contributed by atoms with Crippen LogP contribution in [0.3, 0.4) is 0 Å². The van der Waals surface area contributed by atoms with E-state index in [9.17, 15) is 4.39 Å². The minimum atomic E-state index is -0.383. The Kier molecular flexibility index (Phi) is 2.12. The fourth-order valence-electron chi connectivity index (χ4n) is 1.21. The van der Waals surface area contributed by atoms with Gasteiger partial charge in [-0.05, 0) is 18.2 Å². The number of alkyl halides is 1. The topological polar surface area (TPSA) is 33.6 Å². The van der Waals surface area contributed by atoms with Gasteiger partial charge in [-0.25, -0.2) is 4.39 Å². The fourth-order valence-corrected chi connectivity index (χ4v) is 1.21. The normalized spacial score (nSPS) is 10.5. The van der Waals surface area contributed by atoms with Crippen LogP contribution in [0.25, 0.3) is 11.4 Å². The van der Waals surface area contributed by atoms with E-state index in [1.165, 1.54) is 0 Å². The van der Waals surface area contributed by atoms with Gasteiger partial charge in [0.2, 0.25) is 0 Å². The summed E-state index contributed by atoms with van der Waals surface area (Å²) in [6.07, 6.45) is 3.61. The van der Waals surface area contributed by atoms with Crippen molar-refractivity contribution in [1.82, 2.24) is 14.8 Å². The minimum Gasteiger partial charge on any atom is -0.360 e. The molecular weight excluding hydrogens is 169 g/mol. The minimum absolute atomic E-state index is 0.320. The molecule has 2 rings (SSSR count). The molecule has 0 aromatic carbocycles. The quantitative estimate of drug-likeness (QED) is 0.766. The van der Waals surface area contributed by atoms with Crippen molar-refractivity contribution in [3.8, 4) is 11.4 Å². The highest BCUT2D eigenvalue weighted by Crippen LogP contribution is 2.13. The maximum absolute atomic E-state index is 12.0. The number of aromatic amines is 1. The molecule has 3 nitrogen and oxygen atoms in total. The molecule has 0 aliphatic heterocycles. The van der Waals surface area contributed by atoms with Gasteiger partial charge in [-0.1, -0.05) is 0 Å². The molecule has 2 aromatic heterocycles. The molecule has 13 heavy (non-hydrogen) atoms. The van der Waals surface area contributed by atoms with Gasteiger partial charge in [0, 0.05) is 12.4 Å². The van der Waals surface area contributed by atoms with Crippen LogP contribution >= 0.6 is 0 Å². The molecule has 0 fully saturated rings. The summed E-state index contributed by atoms with van der Waals surface area (Å²) in [6, 6.07) is 5.70. The maximum atomic E-state index is 12.0. The van der Waals surface area contributed by atoms with E-state index in [2.05, 4.69) is 10.1 Å². The lowest BCUT2D eigenvalue weighted by Gasteiger charge is -1.94. The van der Waals surface area contributed by atoms with Crippen LogP contribution in [0, 0.1) is 0 Å². The molecule has 1 N–H and O–H groups in total. The predicted octanol–water partition coefficient (Wildman–Crippen LogP) is 1.85. The van der Waals surface area contributed by atoms with Gasteiger partial charge in [-0.15, -0.1) is 0 Å². The van der Waals surface area contributed by atoms with Crippen LogP contribution in [0.5, 0.6) is 0 Å². The fraction of sp³-hybridized carbons (Fsp3) is 0.222. The zero-order chi connectivity index (χ0) is 9.10. The first-order valence-electron chi connectivity index (χ1n) is 4.13. The van der Waals surface area contributed by atoms with Crippen molar-refractivity contribution in [1.29, 1.82) is 0 Å². The Bertz CT molecular complexity index is 364. The molecule has 0 aliphatic carbocycles. The molecule has 0 saturated heterocycles. The Hall–Kier alpha value is -1.58. The van der Waals surface area contributed by atoms with Gasteiger partial charge in [0.05, 0.1) is 12.2 Å². The second kappa shape index (κ2) is 3.43. The highest BCUT2D eigenvalue weighted by atomic mass is 19.1. The summed E-state index contributed by atoms with van der Waals surface area (Å²) in [5, 5.41) is 4.19. The monoisotopic (exact) mass is 179 g/mol. The summed E-state index contributed by atoms with van der Waals surface area (Å²) >= 11 is 0. The molecule has 68 valence electrons. The third-order valence-corrected chi connectivity index (χ3v) is 1.83. The van der Waals surface area contributed by atoms with Crippen molar-refractivity contribution >= 4 is 0 Å². The Labute approximate surface area is 75.2 Å². The Morgan fingerprint density at radius 1 is 1.46 bits per heavy atom. The predicted molar refractivity (Wildman–Crippen MR) is 48.0 cm³/mol. The van der Waals surface area contributed by atoms with Crippen molar-refractivity contribution in [2.75, 3.05) is 6.67 Å². The molecule has 0 bridgehead atoms. The van der Waals surface area contributed by atoms with E-state index in [-0.39, 0.29) is 6.67 Å². The van der Waals surface area contributed by atoms with Gasteiger partial charge < -0.3 is 4.98 Å². The smallest absolute Gasteiger partial charge is 0.109 e. The average Bonchev–Trinajstić information content (AvgIpc) is 2.70. The number of rotatable bonds is 3.